The van der Waals surface area contributed by atoms with Gasteiger partial charge in [0.05, 0.1) is 0 Å². The molecule has 1 nitrogen and oxygen atoms in total. The fraction of sp³-hybridized carbons (Fsp3) is 0. The molecule has 0 fully saturated rings. The van der Waals surface area contributed by atoms with Crippen molar-refractivity contribution >= 4 is 52.6 Å². The van der Waals surface area contributed by atoms with Gasteiger partial charge in [-0.15, -0.1) is 0 Å². The molecule has 0 amide bonds. The van der Waals surface area contributed by atoms with Gasteiger partial charge in [-0.2, -0.15) is 0 Å². The minimum atomic E-state index is -0.583. The first-order valence-electron chi connectivity index (χ1n) is 0.569. The van der Waals surface area contributed by atoms with Crippen LogP contribution in [0, 0.1) is 0 Å². The van der Waals surface area contributed by atoms with E-state index in [0.717, 1.165) is 0 Å². The molecule has 0 spiro atoms. The van der Waals surface area contributed by atoms with E-state index in [2.05, 4.69) is 8.79 Å². The molecule has 1 unspecified atom stereocenters. The second-order valence-corrected chi connectivity index (χ2v) is 1.22. The van der Waals surface area contributed by atoms with Crippen molar-refractivity contribution < 1.29 is 47.9 Å². The van der Waals surface area contributed by atoms with Gasteiger partial charge in [0.1, 0.15) is 0 Å². The van der Waals surface area contributed by atoms with E-state index in [4.69, 9.17) is 4.46 Å². The molecule has 0 bridgehead atoms. The Morgan fingerprint density at radius 1 is 1.14 bits per heavy atom. The van der Waals surface area contributed by atoms with Crippen LogP contribution in [0.5, 0.6) is 0 Å². The molecule has 0 aliphatic carbocycles. The third-order valence-electron chi connectivity index (χ3n) is 0. The molecule has 1 atom stereocenters. The standard InChI is InChI=1S/2Al.H3OPSi.2Ti.6H/c;;1-3-2;;;;;;;;/h;;3H,2H2;;;;;;;;. The molecular weight excluding hydrogens is 225 g/mol. The van der Waals surface area contributed by atoms with Crippen LogP contribution in [-0.4, -0.2) is 43.8 Å². The molecule has 7 heteroatoms. The summed E-state index contributed by atoms with van der Waals surface area (Å²) in [5.41, 5.74) is 0. The summed E-state index contributed by atoms with van der Waals surface area (Å²) in [6, 6.07) is 0. The Morgan fingerprint density at radius 2 is 1.14 bits per heavy atom. The van der Waals surface area contributed by atoms with E-state index < -0.39 is 9.07 Å². The van der Waals surface area contributed by atoms with E-state index in [1.54, 1.807) is 0 Å². The minimum Gasteiger partial charge on any atom is -0.387 e. The van der Waals surface area contributed by atoms with Crippen LogP contribution in [-0.2, 0) is 47.9 Å². The molecule has 0 aliphatic heterocycles. The first-order chi connectivity index (χ1) is 1.41. The molecule has 0 aliphatic rings. The zero-order valence-electron chi connectivity index (χ0n) is 2.56. The molecule has 0 aromatic heterocycles. The quantitative estimate of drug-likeness (QED) is 0.326. The normalized spacial score (nSPS) is 1.86. The minimum absolute atomic E-state index is 0. The summed E-state index contributed by atoms with van der Waals surface area (Å²) in [4.78, 5) is 0. The third kappa shape index (κ3) is 49.8. The van der Waals surface area contributed by atoms with Crippen LogP contribution in [0.4, 0.5) is 0 Å². The fourth-order valence-corrected chi connectivity index (χ4v) is 0. The van der Waals surface area contributed by atoms with Crippen LogP contribution < -0.4 is 0 Å². The van der Waals surface area contributed by atoms with E-state index in [1.165, 1.54) is 0 Å². The Hall–Kier alpha value is 2.94. The predicted octanol–water partition coefficient (Wildman–Crippen LogP) is -2.81. The molecule has 38 valence electrons. The van der Waals surface area contributed by atoms with Gasteiger partial charge in [0.25, 0.3) is 9.07 Å². The Balaban J connectivity index is -0.00000000333. The van der Waals surface area contributed by atoms with E-state index in [1.807, 2.05) is 0 Å². The van der Waals surface area contributed by atoms with Crippen LogP contribution in [0.15, 0.2) is 0 Å². The smallest absolute Gasteiger partial charge is 0.282 e. The number of rotatable bonds is 0. The zero-order valence-corrected chi connectivity index (χ0v) is 8.00. The van der Waals surface area contributed by atoms with Crippen molar-refractivity contribution in [3.63, 3.8) is 0 Å². The zero-order chi connectivity index (χ0) is 2.71. The Kier molecular flexibility index (Phi) is 169. The Bertz CT molecular complexity index is 23.2. The van der Waals surface area contributed by atoms with E-state index in [0.29, 0.717) is 0 Å². The molecule has 7 heavy (non-hydrogen) atoms. The molecule has 0 heterocycles. The summed E-state index contributed by atoms with van der Waals surface area (Å²) in [5, 5.41) is 0. The van der Waals surface area contributed by atoms with Gasteiger partial charge in [0.2, 0.25) is 0 Å². The summed E-state index contributed by atoms with van der Waals surface area (Å²) in [7, 11) is 1.52. The summed E-state index contributed by atoms with van der Waals surface area (Å²) < 4.78 is 8.98. The fourth-order valence-electron chi connectivity index (χ4n) is 0. The molecule has 0 saturated heterocycles. The van der Waals surface area contributed by atoms with Crippen molar-refractivity contribution in [3.05, 3.63) is 0 Å². The van der Waals surface area contributed by atoms with Crippen molar-refractivity contribution in [2.75, 3.05) is 0 Å². The van der Waals surface area contributed by atoms with Crippen LogP contribution in [0.25, 0.3) is 0 Å². The van der Waals surface area contributed by atoms with Crippen LogP contribution >= 0.6 is 8.79 Å². The van der Waals surface area contributed by atoms with Crippen molar-refractivity contribution in [3.8, 4) is 0 Å². The van der Waals surface area contributed by atoms with Crippen molar-refractivity contribution in [1.82, 2.24) is 0 Å². The van der Waals surface area contributed by atoms with Crippen LogP contribution in [0.3, 0.4) is 0 Å². The van der Waals surface area contributed by atoms with E-state index in [9.17, 15) is 0 Å². The molecular formula is H9Al2OPSiTi2. The summed E-state index contributed by atoms with van der Waals surface area (Å²) in [6.07, 6.45) is 0. The third-order valence-corrected chi connectivity index (χ3v) is 0. The number of hydrogen-bond donors (Lipinski definition) is 0. The van der Waals surface area contributed by atoms with Gasteiger partial charge in [0, 0.05) is 43.4 Å². The van der Waals surface area contributed by atoms with Gasteiger partial charge >= 0.3 is 0 Å². The number of hydrogen-bond acceptors (Lipinski definition) is 1. The molecule has 0 N–H and O–H groups in total. The average Bonchev–Trinajstić information content (AvgIpc) is 0.918. The van der Waals surface area contributed by atoms with Gasteiger partial charge < -0.3 is 4.46 Å². The van der Waals surface area contributed by atoms with Gasteiger partial charge in [0.15, 0.2) is 34.7 Å². The van der Waals surface area contributed by atoms with Crippen LogP contribution in [0.1, 0.15) is 0 Å². The molecule has 0 saturated carbocycles. The van der Waals surface area contributed by atoms with Gasteiger partial charge in [-0.25, -0.2) is 0 Å². The molecule has 0 radical (unpaired) electrons. The maximum Gasteiger partial charge on any atom is 0.282 e. The van der Waals surface area contributed by atoms with Crippen LogP contribution in [0.2, 0.25) is 0 Å². The second kappa shape index (κ2) is 36.3. The van der Waals surface area contributed by atoms with Gasteiger partial charge in [-0.3, -0.25) is 0 Å². The average molecular weight is 234 g/mol. The first-order valence-corrected chi connectivity index (χ1v) is 3.71. The van der Waals surface area contributed by atoms with Gasteiger partial charge in [-0.1, -0.05) is 8.79 Å². The van der Waals surface area contributed by atoms with Crippen molar-refractivity contribution in [1.29, 1.82) is 0 Å². The summed E-state index contributed by atoms with van der Waals surface area (Å²) in [5.74, 6) is 0. The Morgan fingerprint density at radius 3 is 1.14 bits per heavy atom. The molecule has 0 aromatic rings. The van der Waals surface area contributed by atoms with Crippen molar-refractivity contribution in [2.45, 2.75) is 0 Å². The maximum atomic E-state index is 8.98. The van der Waals surface area contributed by atoms with Gasteiger partial charge in [-0.05, 0) is 0 Å². The monoisotopic (exact) mass is 234 g/mol. The van der Waals surface area contributed by atoms with E-state index in [-0.39, 0.29) is 78.2 Å². The van der Waals surface area contributed by atoms with Crippen molar-refractivity contribution in [2.24, 2.45) is 0 Å². The SMILES string of the molecule is O=[SiH]P.[AlH3].[AlH3].[Ti].[Ti]. The molecule has 0 rings (SSSR count). The topological polar surface area (TPSA) is 17.1 Å². The molecule has 0 aromatic carbocycles. The summed E-state index contributed by atoms with van der Waals surface area (Å²) >= 11 is 0. The predicted molar refractivity (Wildman–Crippen MR) is 37.4 cm³/mol. The second-order valence-electron chi connectivity index (χ2n) is 0.136. The first kappa shape index (κ1) is 32.6. The maximum absolute atomic E-state index is 8.98. The Labute approximate surface area is 99.1 Å². The summed E-state index contributed by atoms with van der Waals surface area (Å²) in [6.45, 7) is 0. The largest absolute Gasteiger partial charge is 0.387 e. The van der Waals surface area contributed by atoms with E-state index >= 15 is 0 Å².